The number of hydrogen-bond donors (Lipinski definition) is 2. The summed E-state index contributed by atoms with van der Waals surface area (Å²) in [6, 6.07) is 7.56. The molecule has 142 valence electrons. The van der Waals surface area contributed by atoms with Gasteiger partial charge < -0.3 is 15.3 Å². The van der Waals surface area contributed by atoms with E-state index in [-0.39, 0.29) is 30.2 Å². The molecule has 26 heavy (non-hydrogen) atoms. The second-order valence-corrected chi connectivity index (χ2v) is 8.15. The van der Waals surface area contributed by atoms with Crippen LogP contribution in [0.3, 0.4) is 0 Å². The number of carboxylic acids is 1. The fraction of sp³-hybridized carbons (Fsp3) is 0.526. The maximum Gasteiger partial charge on any atom is 0.308 e. The zero-order chi connectivity index (χ0) is 19.3. The fourth-order valence-electron chi connectivity index (χ4n) is 2.96. The molecule has 1 aromatic rings. The summed E-state index contributed by atoms with van der Waals surface area (Å²) in [5, 5.41) is 11.6. The van der Waals surface area contributed by atoms with E-state index in [1.54, 1.807) is 11.8 Å². The fourth-order valence-corrected chi connectivity index (χ4v) is 3.71. The molecule has 1 saturated heterocycles. The molecular formula is C19H26N2O4S. The predicted molar refractivity (Wildman–Crippen MR) is 103 cm³/mol. The molecule has 0 aromatic heterocycles. The summed E-state index contributed by atoms with van der Waals surface area (Å²) in [4.78, 5) is 37.6. The van der Waals surface area contributed by atoms with E-state index in [1.807, 2.05) is 38.1 Å². The first-order valence-electron chi connectivity index (χ1n) is 8.79. The molecule has 1 aliphatic heterocycles. The van der Waals surface area contributed by atoms with E-state index in [9.17, 15) is 19.5 Å². The Morgan fingerprint density at radius 1 is 1.27 bits per heavy atom. The first kappa shape index (κ1) is 20.3. The Bertz CT molecular complexity index is 662. The molecular weight excluding hydrogens is 352 g/mol. The summed E-state index contributed by atoms with van der Waals surface area (Å²) in [6.07, 6.45) is 1.29. The smallest absolute Gasteiger partial charge is 0.308 e. The summed E-state index contributed by atoms with van der Waals surface area (Å²) in [6.45, 7) is 5.93. The normalized spacial score (nSPS) is 21.1. The van der Waals surface area contributed by atoms with E-state index < -0.39 is 17.1 Å². The predicted octanol–water partition coefficient (Wildman–Crippen LogP) is 2.77. The van der Waals surface area contributed by atoms with E-state index in [0.29, 0.717) is 12.8 Å². The highest BCUT2D eigenvalue weighted by Crippen LogP contribution is 2.25. The summed E-state index contributed by atoms with van der Waals surface area (Å²) in [7, 11) is 0. The summed E-state index contributed by atoms with van der Waals surface area (Å²) in [5.74, 6) is -1.44. The Hall–Kier alpha value is -2.02. The van der Waals surface area contributed by atoms with Crippen LogP contribution in [-0.4, -0.2) is 51.4 Å². The van der Waals surface area contributed by atoms with Crippen molar-refractivity contribution in [2.24, 2.45) is 5.92 Å². The average molecular weight is 378 g/mol. The van der Waals surface area contributed by atoms with Gasteiger partial charge in [-0.15, -0.1) is 11.8 Å². The molecule has 3 unspecified atom stereocenters. The third-order valence-electron chi connectivity index (χ3n) is 4.66. The van der Waals surface area contributed by atoms with E-state index >= 15 is 0 Å². The van der Waals surface area contributed by atoms with Gasteiger partial charge in [0.2, 0.25) is 11.8 Å². The highest BCUT2D eigenvalue weighted by molar-refractivity contribution is 8.01. The van der Waals surface area contributed by atoms with E-state index in [4.69, 9.17) is 0 Å². The quantitative estimate of drug-likeness (QED) is 0.795. The van der Waals surface area contributed by atoms with Gasteiger partial charge in [0.25, 0.3) is 0 Å². The van der Waals surface area contributed by atoms with Crippen LogP contribution in [0.2, 0.25) is 0 Å². The van der Waals surface area contributed by atoms with Gasteiger partial charge in [0.15, 0.2) is 0 Å². The number of piperidine rings is 1. The largest absolute Gasteiger partial charge is 0.481 e. The van der Waals surface area contributed by atoms with Gasteiger partial charge in [0.1, 0.15) is 0 Å². The van der Waals surface area contributed by atoms with Gasteiger partial charge in [-0.1, -0.05) is 17.7 Å². The number of anilines is 1. The molecule has 2 amide bonds. The third-order valence-corrected chi connectivity index (χ3v) is 5.79. The van der Waals surface area contributed by atoms with Crippen molar-refractivity contribution < 1.29 is 19.5 Å². The van der Waals surface area contributed by atoms with Gasteiger partial charge in [0.05, 0.1) is 16.9 Å². The summed E-state index contributed by atoms with van der Waals surface area (Å²) in [5.41, 5.74) is 1.85. The molecule has 1 aromatic carbocycles. The Balaban J connectivity index is 1.84. The number of nitrogens with one attached hydrogen (secondary N) is 1. The van der Waals surface area contributed by atoms with Crippen LogP contribution in [0.5, 0.6) is 0 Å². The molecule has 0 bridgehead atoms. The van der Waals surface area contributed by atoms with Crippen LogP contribution >= 0.6 is 11.8 Å². The number of carbonyl (C=O) groups is 3. The van der Waals surface area contributed by atoms with Crippen LogP contribution in [0.15, 0.2) is 24.3 Å². The van der Waals surface area contributed by atoms with Crippen LogP contribution < -0.4 is 5.32 Å². The number of hydrogen-bond acceptors (Lipinski definition) is 4. The van der Waals surface area contributed by atoms with Crippen LogP contribution in [0.1, 0.15) is 32.3 Å². The van der Waals surface area contributed by atoms with Crippen molar-refractivity contribution in [3.05, 3.63) is 29.8 Å². The molecule has 0 spiro atoms. The van der Waals surface area contributed by atoms with E-state index in [2.05, 4.69) is 5.32 Å². The highest BCUT2D eigenvalue weighted by atomic mass is 32.2. The van der Waals surface area contributed by atoms with Gasteiger partial charge >= 0.3 is 5.97 Å². The van der Waals surface area contributed by atoms with Crippen LogP contribution in [0.4, 0.5) is 5.69 Å². The van der Waals surface area contributed by atoms with Crippen molar-refractivity contribution in [2.45, 2.75) is 44.9 Å². The minimum Gasteiger partial charge on any atom is -0.481 e. The number of aryl methyl sites for hydroxylation is 1. The van der Waals surface area contributed by atoms with Crippen molar-refractivity contribution >= 4 is 35.2 Å². The van der Waals surface area contributed by atoms with Gasteiger partial charge in [-0.3, -0.25) is 14.4 Å². The van der Waals surface area contributed by atoms with Crippen molar-refractivity contribution in [2.75, 3.05) is 17.6 Å². The second kappa shape index (κ2) is 9.07. The number of carboxylic acid groups (broad SMARTS) is 1. The molecule has 0 radical (unpaired) electrons. The number of amides is 2. The maximum atomic E-state index is 12.7. The molecule has 2 N–H and O–H groups in total. The zero-order valence-electron chi connectivity index (χ0n) is 15.4. The van der Waals surface area contributed by atoms with Crippen molar-refractivity contribution in [3.63, 3.8) is 0 Å². The molecule has 1 fully saturated rings. The Labute approximate surface area is 158 Å². The molecule has 1 heterocycles. The van der Waals surface area contributed by atoms with Crippen molar-refractivity contribution in [1.29, 1.82) is 0 Å². The zero-order valence-corrected chi connectivity index (χ0v) is 16.2. The number of thioether (sulfide) groups is 1. The second-order valence-electron chi connectivity index (χ2n) is 6.82. The monoisotopic (exact) mass is 378 g/mol. The Morgan fingerprint density at radius 2 is 1.92 bits per heavy atom. The van der Waals surface area contributed by atoms with Gasteiger partial charge in [-0.2, -0.15) is 0 Å². The van der Waals surface area contributed by atoms with Gasteiger partial charge in [-0.25, -0.2) is 0 Å². The minimum atomic E-state index is -0.854. The number of likely N-dealkylation sites (tertiary alicyclic amines) is 1. The maximum absolute atomic E-state index is 12.7. The lowest BCUT2D eigenvalue weighted by molar-refractivity contribution is -0.146. The number of benzene rings is 1. The van der Waals surface area contributed by atoms with Crippen LogP contribution in [0.25, 0.3) is 0 Å². The third kappa shape index (κ3) is 5.49. The topological polar surface area (TPSA) is 86.7 Å². The number of rotatable bonds is 6. The average Bonchev–Trinajstić information content (AvgIpc) is 2.61. The van der Waals surface area contributed by atoms with Gasteiger partial charge in [0, 0.05) is 18.3 Å². The van der Waals surface area contributed by atoms with Crippen molar-refractivity contribution in [1.82, 2.24) is 4.90 Å². The molecule has 0 saturated carbocycles. The SMILES string of the molecule is Cc1ccc(NC(=O)CSC(C)C(=O)N2CC(C(=O)O)CCC2C)cc1. The van der Waals surface area contributed by atoms with Crippen LogP contribution in [-0.2, 0) is 14.4 Å². The molecule has 7 heteroatoms. The summed E-state index contributed by atoms with van der Waals surface area (Å²) < 4.78 is 0. The molecule has 6 nitrogen and oxygen atoms in total. The lowest BCUT2D eigenvalue weighted by atomic mass is 9.93. The standard InChI is InChI=1S/C19H26N2O4S/c1-12-4-8-16(9-5-12)20-17(22)11-26-14(3)18(23)21-10-15(19(24)25)7-6-13(21)2/h4-5,8-9,13-15H,6-7,10-11H2,1-3H3,(H,20,22)(H,24,25). The lowest BCUT2D eigenvalue weighted by Gasteiger charge is -2.37. The number of aliphatic carboxylic acids is 1. The Morgan fingerprint density at radius 3 is 2.54 bits per heavy atom. The first-order chi connectivity index (χ1) is 12.3. The Kier molecular flexibility index (Phi) is 7.08. The first-order valence-corrected chi connectivity index (χ1v) is 9.84. The van der Waals surface area contributed by atoms with E-state index in [0.717, 1.165) is 11.3 Å². The summed E-state index contributed by atoms with van der Waals surface area (Å²) >= 11 is 1.27. The minimum absolute atomic E-state index is 0.0301. The molecule has 2 rings (SSSR count). The molecule has 0 aliphatic carbocycles. The molecule has 3 atom stereocenters. The number of nitrogens with zero attached hydrogens (tertiary/aromatic N) is 1. The molecule has 1 aliphatic rings. The number of carbonyl (C=O) groups excluding carboxylic acids is 2. The van der Waals surface area contributed by atoms with Gasteiger partial charge in [-0.05, 0) is 45.7 Å². The van der Waals surface area contributed by atoms with Crippen molar-refractivity contribution in [3.8, 4) is 0 Å². The lowest BCUT2D eigenvalue weighted by Crippen LogP contribution is -2.49. The van der Waals surface area contributed by atoms with E-state index in [1.165, 1.54) is 11.8 Å². The highest BCUT2D eigenvalue weighted by Gasteiger charge is 2.34. The van der Waals surface area contributed by atoms with Crippen LogP contribution in [0, 0.1) is 12.8 Å².